The van der Waals surface area contributed by atoms with Gasteiger partial charge in [-0.1, -0.05) is 168 Å². The summed E-state index contributed by atoms with van der Waals surface area (Å²) in [6, 6.07) is 17.4. The van der Waals surface area contributed by atoms with E-state index in [1.807, 2.05) is 33.5 Å². The molecule has 0 radical (unpaired) electrons. The Hall–Kier alpha value is -3.52. The molecule has 0 fully saturated rings. The number of rotatable bonds is 34. The van der Waals surface area contributed by atoms with Crippen LogP contribution in [0.15, 0.2) is 82.8 Å². The molecule has 2 aliphatic rings. The number of carbonyl (C=O) groups is 2. The van der Waals surface area contributed by atoms with Crippen molar-refractivity contribution in [2.24, 2.45) is 11.8 Å². The summed E-state index contributed by atoms with van der Waals surface area (Å²) in [5.74, 6) is 0.573. The van der Waals surface area contributed by atoms with Crippen LogP contribution in [0, 0.1) is 11.8 Å². The van der Waals surface area contributed by atoms with E-state index in [1.165, 1.54) is 135 Å². The summed E-state index contributed by atoms with van der Waals surface area (Å²) < 4.78 is 0. The Morgan fingerprint density at radius 3 is 1.12 bits per heavy atom. The normalized spacial score (nSPS) is 14.8. The number of aromatic nitrogens is 2. The van der Waals surface area contributed by atoms with Crippen LogP contribution >= 0.6 is 68.0 Å². The maximum absolute atomic E-state index is 15.8. The van der Waals surface area contributed by atoms with E-state index in [0.717, 1.165) is 79.4 Å². The Morgan fingerprint density at radius 2 is 0.736 bits per heavy atom. The van der Waals surface area contributed by atoms with Gasteiger partial charge in [0.1, 0.15) is 10.0 Å². The lowest BCUT2D eigenvalue weighted by molar-refractivity contribution is -0.124. The minimum absolute atomic E-state index is 0.0509. The second-order valence-corrected chi connectivity index (χ2v) is 26.3. The summed E-state index contributed by atoms with van der Waals surface area (Å²) in [5.41, 5.74) is 2.54. The zero-order valence-corrected chi connectivity index (χ0v) is 48.4. The van der Waals surface area contributed by atoms with E-state index >= 15 is 9.59 Å². The first-order valence-electron chi connectivity index (χ1n) is 27.7. The molecular formula is C60H78N4O2S6. The van der Waals surface area contributed by atoms with Crippen LogP contribution in [0.3, 0.4) is 0 Å². The molecule has 2 atom stereocenters. The minimum Gasteiger partial charge on any atom is -0.304 e. The molecule has 0 aromatic carbocycles. The summed E-state index contributed by atoms with van der Waals surface area (Å²) in [5, 5.41) is 5.77. The molecule has 0 N–H and O–H groups in total. The van der Waals surface area contributed by atoms with Gasteiger partial charge < -0.3 is 9.80 Å². The van der Waals surface area contributed by atoms with Gasteiger partial charge in [-0.25, -0.2) is 9.97 Å². The van der Waals surface area contributed by atoms with Gasteiger partial charge in [-0.15, -0.1) is 68.0 Å². The summed E-state index contributed by atoms with van der Waals surface area (Å²) in [6.45, 7) is 10.3. The first-order chi connectivity index (χ1) is 35.4. The van der Waals surface area contributed by atoms with E-state index in [-0.39, 0.29) is 11.8 Å². The third-order valence-electron chi connectivity index (χ3n) is 14.6. The topological polar surface area (TPSA) is 66.4 Å². The summed E-state index contributed by atoms with van der Waals surface area (Å²) in [4.78, 5) is 55.5. The fourth-order valence-electron chi connectivity index (χ4n) is 10.5. The number of amides is 2. The number of hydrogen-bond acceptors (Lipinski definition) is 10. The van der Waals surface area contributed by atoms with Gasteiger partial charge in [0, 0.05) is 54.7 Å². The van der Waals surface area contributed by atoms with Crippen molar-refractivity contribution in [1.82, 2.24) is 19.8 Å². The van der Waals surface area contributed by atoms with E-state index in [0.29, 0.717) is 36.1 Å². The fraction of sp³-hybridized carbons (Fsp3) is 0.533. The van der Waals surface area contributed by atoms with Crippen molar-refractivity contribution >= 4 is 91.2 Å². The highest BCUT2D eigenvalue weighted by atomic mass is 32.1. The van der Waals surface area contributed by atoms with E-state index in [2.05, 4.69) is 87.0 Å². The number of thiazole rings is 2. The molecule has 2 amide bonds. The Morgan fingerprint density at radius 1 is 0.403 bits per heavy atom. The third kappa shape index (κ3) is 14.0. The lowest BCUT2D eigenvalue weighted by Crippen LogP contribution is -2.35. The van der Waals surface area contributed by atoms with Crippen LogP contribution in [0.4, 0.5) is 0 Å². The zero-order valence-electron chi connectivity index (χ0n) is 43.5. The quantitative estimate of drug-likeness (QED) is 0.0378. The molecule has 72 heavy (non-hydrogen) atoms. The summed E-state index contributed by atoms with van der Waals surface area (Å²) >= 11 is 10.4. The molecule has 6 aromatic heterocycles. The molecule has 12 heteroatoms. The lowest BCUT2D eigenvalue weighted by atomic mass is 9.93. The molecule has 0 spiro atoms. The van der Waals surface area contributed by atoms with Crippen LogP contribution in [-0.2, 0) is 9.59 Å². The van der Waals surface area contributed by atoms with Crippen molar-refractivity contribution in [2.45, 2.75) is 182 Å². The first-order valence-corrected chi connectivity index (χ1v) is 32.8. The molecular weight excluding hydrogens is 1000 g/mol. The van der Waals surface area contributed by atoms with E-state index in [9.17, 15) is 0 Å². The lowest BCUT2D eigenvalue weighted by Gasteiger charge is -2.29. The van der Waals surface area contributed by atoms with Crippen molar-refractivity contribution in [3.63, 3.8) is 0 Å². The van der Waals surface area contributed by atoms with Crippen molar-refractivity contribution in [3.8, 4) is 39.0 Å². The van der Waals surface area contributed by atoms with Gasteiger partial charge in [0.05, 0.1) is 32.3 Å². The van der Waals surface area contributed by atoms with Crippen LogP contribution in [0.25, 0.3) is 50.4 Å². The zero-order chi connectivity index (χ0) is 50.1. The number of hydrogen-bond donors (Lipinski definition) is 0. The van der Waals surface area contributed by atoms with Gasteiger partial charge in [0.25, 0.3) is 11.8 Å². The molecule has 0 bridgehead atoms. The Labute approximate surface area is 455 Å². The molecule has 0 saturated heterocycles. The largest absolute Gasteiger partial charge is 0.304 e. The van der Waals surface area contributed by atoms with Crippen molar-refractivity contribution < 1.29 is 9.59 Å². The van der Waals surface area contributed by atoms with Crippen LogP contribution in [0.1, 0.15) is 192 Å². The highest BCUT2D eigenvalue weighted by Gasteiger charge is 2.51. The number of nitrogens with zero attached hydrogens (tertiary/aromatic N) is 4. The third-order valence-corrected chi connectivity index (χ3v) is 21.3. The monoisotopic (exact) mass is 1080 g/mol. The highest BCUT2D eigenvalue weighted by molar-refractivity contribution is 7.28. The maximum atomic E-state index is 15.8. The predicted octanol–water partition coefficient (Wildman–Crippen LogP) is 20.0. The van der Waals surface area contributed by atoms with Gasteiger partial charge in [0.2, 0.25) is 0 Å². The molecule has 386 valence electrons. The van der Waals surface area contributed by atoms with Gasteiger partial charge in [-0.3, -0.25) is 9.59 Å². The van der Waals surface area contributed by atoms with E-state index in [4.69, 9.17) is 9.97 Å². The molecule has 2 unspecified atom stereocenters. The Balaban J connectivity index is 1.18. The molecule has 6 aromatic rings. The molecule has 0 aliphatic carbocycles. The average molecular weight is 1080 g/mol. The van der Waals surface area contributed by atoms with Crippen molar-refractivity contribution in [3.05, 3.63) is 92.8 Å². The van der Waals surface area contributed by atoms with E-state index in [1.54, 1.807) is 56.7 Å². The van der Waals surface area contributed by atoms with Gasteiger partial charge in [-0.05, 0) is 84.7 Å². The highest BCUT2D eigenvalue weighted by Crippen LogP contribution is 2.51. The standard InChI is InChI=1S/C60H78N4O2S6/c1-5-9-13-17-19-23-29-43(27-21-15-11-7-3)41-63-55(57-61-39-51(71-57)46-32-26-38-68-46)53-54(60(63)66)56(64(59(53)65)42-44(28-22-16-12-8-4)30-24-20-18-14-10-6-2)58-62-40-52(72-58)50-36-35-49(70-50)48-34-33-47(69-48)45-31-25-37-67-45/h25-26,31-40,43-44H,5-24,27-30,41-42H2,1-4H3. The molecule has 8 heterocycles. The smallest absolute Gasteiger partial charge is 0.261 e. The molecule has 6 nitrogen and oxygen atoms in total. The van der Waals surface area contributed by atoms with E-state index < -0.39 is 0 Å². The van der Waals surface area contributed by atoms with Gasteiger partial charge >= 0.3 is 0 Å². The fourth-order valence-corrected chi connectivity index (χ4v) is 16.3. The van der Waals surface area contributed by atoms with Gasteiger partial charge in [-0.2, -0.15) is 0 Å². The van der Waals surface area contributed by atoms with Crippen LogP contribution in [-0.4, -0.2) is 44.7 Å². The Bertz CT molecular complexity index is 2640. The predicted molar refractivity (Wildman–Crippen MR) is 315 cm³/mol. The second-order valence-electron chi connectivity index (χ2n) is 20.2. The Kier molecular flexibility index (Phi) is 21.6. The second kappa shape index (κ2) is 28.4. The SMILES string of the molecule is CCCCCCCCC(CCCCCC)CN1C(=O)C2=C(c3ncc(-c4ccc(-c5ccc(-c6cccs6)s5)s4)s3)N(CC(CCCCCC)CCCCCCCC)C(=O)C2=C1c1ncc(-c2cccs2)s1. The first kappa shape index (κ1) is 54.7. The minimum atomic E-state index is -0.0509. The number of fused-ring (bicyclic) bond motifs is 1. The number of carbonyl (C=O) groups excluding carboxylic acids is 2. The van der Waals surface area contributed by atoms with Crippen molar-refractivity contribution in [1.29, 1.82) is 0 Å². The molecule has 2 aliphatic heterocycles. The summed E-state index contributed by atoms with van der Waals surface area (Å²) in [7, 11) is 0. The summed E-state index contributed by atoms with van der Waals surface area (Å²) in [6.07, 6.45) is 32.9. The van der Waals surface area contributed by atoms with Crippen LogP contribution in [0.5, 0.6) is 0 Å². The van der Waals surface area contributed by atoms with Crippen LogP contribution < -0.4 is 0 Å². The van der Waals surface area contributed by atoms with Crippen LogP contribution in [0.2, 0.25) is 0 Å². The number of thiophene rings is 4. The molecule has 0 saturated carbocycles. The molecule has 8 rings (SSSR count). The van der Waals surface area contributed by atoms with Crippen molar-refractivity contribution in [2.75, 3.05) is 13.1 Å². The van der Waals surface area contributed by atoms with Gasteiger partial charge in [0.15, 0.2) is 0 Å². The average Bonchev–Trinajstić information content (AvgIpc) is 4.24. The maximum Gasteiger partial charge on any atom is 0.261 e. The number of unbranched alkanes of at least 4 members (excludes halogenated alkanes) is 16.